The lowest BCUT2D eigenvalue weighted by Gasteiger charge is -2.24. The molecule has 146 valence electrons. The molecule has 0 saturated carbocycles. The molecule has 28 heavy (non-hydrogen) atoms. The summed E-state index contributed by atoms with van der Waals surface area (Å²) in [4.78, 5) is 41.9. The number of methoxy groups -OCH3 is 1. The van der Waals surface area contributed by atoms with Gasteiger partial charge in [0.25, 0.3) is 11.5 Å². The third-order valence-corrected chi connectivity index (χ3v) is 5.02. The predicted octanol–water partition coefficient (Wildman–Crippen LogP) is 1.67. The Morgan fingerprint density at radius 2 is 1.96 bits per heavy atom. The smallest absolute Gasteiger partial charge is 0.330 e. The summed E-state index contributed by atoms with van der Waals surface area (Å²) in [6.07, 6.45) is 0. The Hall–Kier alpha value is -3.17. The van der Waals surface area contributed by atoms with Crippen molar-refractivity contribution in [2.24, 2.45) is 0 Å². The third kappa shape index (κ3) is 4.05. The molecule has 0 spiro atoms. The highest BCUT2D eigenvalue weighted by Gasteiger charge is 2.26. The van der Waals surface area contributed by atoms with Gasteiger partial charge in [-0.15, -0.1) is 11.3 Å². The van der Waals surface area contributed by atoms with Crippen molar-refractivity contribution in [1.82, 2.24) is 9.55 Å². The first kappa shape index (κ1) is 19.6. The zero-order chi connectivity index (χ0) is 20.1. The number of hydrogen-bond donors (Lipinski definition) is 2. The number of carbonyl (C=O) groups is 1. The first-order chi connectivity index (χ1) is 13.5. The minimum atomic E-state index is -0.711. The molecule has 1 aromatic carbocycles. The molecule has 1 amide bonds. The van der Waals surface area contributed by atoms with Crippen LogP contribution in [0.2, 0.25) is 0 Å². The fourth-order valence-electron chi connectivity index (χ4n) is 2.79. The van der Waals surface area contributed by atoms with Gasteiger partial charge in [-0.25, -0.2) is 4.79 Å². The highest BCUT2D eigenvalue weighted by atomic mass is 32.1. The average Bonchev–Trinajstić information content (AvgIpc) is 3.22. The molecule has 0 saturated heterocycles. The van der Waals surface area contributed by atoms with Gasteiger partial charge in [0.15, 0.2) is 5.69 Å². The van der Waals surface area contributed by atoms with Crippen LogP contribution in [0.25, 0.3) is 0 Å². The molecule has 0 fully saturated rings. The number of carbonyl (C=O) groups excluding carboxylic acids is 1. The summed E-state index contributed by atoms with van der Waals surface area (Å²) in [6, 6.07) is 12.7. The lowest BCUT2D eigenvalue weighted by atomic mass is 10.2. The number of rotatable bonds is 7. The zero-order valence-corrected chi connectivity index (χ0v) is 16.1. The van der Waals surface area contributed by atoms with Gasteiger partial charge in [0.05, 0.1) is 24.6 Å². The van der Waals surface area contributed by atoms with Gasteiger partial charge in [-0.3, -0.25) is 24.0 Å². The van der Waals surface area contributed by atoms with E-state index in [1.807, 2.05) is 30.3 Å². The van der Waals surface area contributed by atoms with Crippen LogP contribution in [0.1, 0.15) is 15.2 Å². The van der Waals surface area contributed by atoms with Gasteiger partial charge >= 0.3 is 5.69 Å². The van der Waals surface area contributed by atoms with E-state index in [0.29, 0.717) is 4.88 Å². The van der Waals surface area contributed by atoms with Crippen LogP contribution in [0.4, 0.5) is 11.5 Å². The van der Waals surface area contributed by atoms with E-state index in [1.54, 1.807) is 17.5 Å². The van der Waals surface area contributed by atoms with Gasteiger partial charge in [0.1, 0.15) is 5.82 Å². The number of hydrogen-bond acceptors (Lipinski definition) is 6. The monoisotopic (exact) mass is 400 g/mol. The molecule has 9 heteroatoms. The summed E-state index contributed by atoms with van der Waals surface area (Å²) < 4.78 is 6.20. The van der Waals surface area contributed by atoms with E-state index in [4.69, 9.17) is 10.5 Å². The number of nitrogens with zero attached hydrogens (tertiary/aromatic N) is 2. The molecule has 0 radical (unpaired) electrons. The third-order valence-electron chi connectivity index (χ3n) is 4.16. The van der Waals surface area contributed by atoms with Crippen LogP contribution in [-0.2, 0) is 17.8 Å². The lowest BCUT2D eigenvalue weighted by molar-refractivity contribution is 0.0988. The van der Waals surface area contributed by atoms with Gasteiger partial charge in [-0.1, -0.05) is 36.4 Å². The Bertz CT molecular complexity index is 1060. The number of amides is 1. The maximum absolute atomic E-state index is 13.1. The Morgan fingerprint density at radius 3 is 2.61 bits per heavy atom. The lowest BCUT2D eigenvalue weighted by Crippen LogP contribution is -2.41. The fraction of sp³-hybridized carbons (Fsp3) is 0.211. The van der Waals surface area contributed by atoms with Crippen LogP contribution in [0.5, 0.6) is 0 Å². The van der Waals surface area contributed by atoms with Gasteiger partial charge in [0, 0.05) is 7.11 Å². The van der Waals surface area contributed by atoms with Crippen molar-refractivity contribution in [2.45, 2.75) is 13.1 Å². The van der Waals surface area contributed by atoms with E-state index in [2.05, 4.69) is 4.98 Å². The summed E-state index contributed by atoms with van der Waals surface area (Å²) in [5.74, 6) is -0.445. The van der Waals surface area contributed by atoms with Crippen LogP contribution in [0.3, 0.4) is 0 Å². The fourth-order valence-corrected chi connectivity index (χ4v) is 3.47. The SMILES string of the molecule is COCCn1c(N)c(N(Cc2ccccc2)C(=O)c2cccs2)c(=O)[nH]c1=O. The Morgan fingerprint density at radius 1 is 1.21 bits per heavy atom. The average molecular weight is 400 g/mol. The summed E-state index contributed by atoms with van der Waals surface area (Å²) in [7, 11) is 1.50. The van der Waals surface area contributed by atoms with Gasteiger partial charge in [-0.05, 0) is 17.0 Å². The Balaban J connectivity index is 2.13. The second-order valence-corrected chi connectivity index (χ2v) is 6.94. The summed E-state index contributed by atoms with van der Waals surface area (Å²) in [6.45, 7) is 0.512. The van der Waals surface area contributed by atoms with E-state index < -0.39 is 11.2 Å². The van der Waals surface area contributed by atoms with Crippen LogP contribution in [0.15, 0.2) is 57.4 Å². The molecular formula is C19H20N4O4S. The first-order valence-electron chi connectivity index (χ1n) is 8.53. The van der Waals surface area contributed by atoms with E-state index in [-0.39, 0.29) is 37.1 Å². The second-order valence-electron chi connectivity index (χ2n) is 5.99. The summed E-state index contributed by atoms with van der Waals surface area (Å²) >= 11 is 1.26. The van der Waals surface area contributed by atoms with Crippen molar-refractivity contribution >= 4 is 28.7 Å². The van der Waals surface area contributed by atoms with Crippen molar-refractivity contribution in [3.8, 4) is 0 Å². The molecule has 0 aliphatic heterocycles. The number of aromatic amines is 1. The van der Waals surface area contributed by atoms with E-state index >= 15 is 0 Å². The number of aromatic nitrogens is 2. The highest BCUT2D eigenvalue weighted by Crippen LogP contribution is 2.23. The molecule has 2 aromatic heterocycles. The maximum atomic E-state index is 13.1. The molecular weight excluding hydrogens is 380 g/mol. The van der Waals surface area contributed by atoms with E-state index in [0.717, 1.165) is 5.56 Å². The van der Waals surface area contributed by atoms with E-state index in [9.17, 15) is 14.4 Å². The topological polar surface area (TPSA) is 110 Å². The summed E-state index contributed by atoms with van der Waals surface area (Å²) in [5, 5.41) is 1.78. The minimum absolute atomic E-state index is 0.0574. The number of thiophene rings is 1. The normalized spacial score (nSPS) is 10.8. The molecule has 0 aliphatic rings. The number of nitrogen functional groups attached to an aromatic ring is 1. The standard InChI is InChI=1S/C19H20N4O4S/c1-27-10-9-22-16(20)15(17(24)21-19(22)26)23(12-13-6-3-2-4-7-13)18(25)14-8-5-11-28-14/h2-8,11H,9-10,12,20H2,1H3,(H,21,24,26). The number of nitrogens with one attached hydrogen (secondary N) is 1. The van der Waals surface area contributed by atoms with Crippen LogP contribution >= 0.6 is 11.3 Å². The number of nitrogens with two attached hydrogens (primary N) is 1. The van der Waals surface area contributed by atoms with Crippen molar-refractivity contribution in [1.29, 1.82) is 0 Å². The molecule has 0 aliphatic carbocycles. The molecule has 0 bridgehead atoms. The first-order valence-corrected chi connectivity index (χ1v) is 9.41. The van der Waals surface area contributed by atoms with Gasteiger partial charge in [-0.2, -0.15) is 0 Å². The van der Waals surface area contributed by atoms with Crippen LogP contribution in [0, 0.1) is 0 Å². The van der Waals surface area contributed by atoms with Crippen molar-refractivity contribution in [2.75, 3.05) is 24.4 Å². The molecule has 3 aromatic rings. The Kier molecular flexibility index (Phi) is 6.07. The van der Waals surface area contributed by atoms with Crippen molar-refractivity contribution in [3.05, 3.63) is 79.1 Å². The minimum Gasteiger partial charge on any atom is -0.383 e. The van der Waals surface area contributed by atoms with Crippen LogP contribution in [-0.4, -0.2) is 29.2 Å². The molecule has 2 heterocycles. The van der Waals surface area contributed by atoms with Crippen LogP contribution < -0.4 is 21.9 Å². The van der Waals surface area contributed by atoms with E-state index in [1.165, 1.54) is 27.9 Å². The maximum Gasteiger partial charge on any atom is 0.330 e. The molecule has 0 atom stereocenters. The molecule has 0 unspecified atom stereocenters. The van der Waals surface area contributed by atoms with Gasteiger partial charge < -0.3 is 10.5 Å². The van der Waals surface area contributed by atoms with Gasteiger partial charge in [0.2, 0.25) is 0 Å². The number of ether oxygens (including phenoxy) is 1. The number of benzene rings is 1. The van der Waals surface area contributed by atoms with Crippen molar-refractivity contribution in [3.63, 3.8) is 0 Å². The quantitative estimate of drug-likeness (QED) is 0.627. The summed E-state index contributed by atoms with van der Waals surface area (Å²) in [5.41, 5.74) is 5.57. The van der Waals surface area contributed by atoms with Crippen molar-refractivity contribution < 1.29 is 9.53 Å². The number of H-pyrrole nitrogens is 1. The zero-order valence-electron chi connectivity index (χ0n) is 15.3. The molecule has 3 rings (SSSR count). The molecule has 8 nitrogen and oxygen atoms in total. The predicted molar refractivity (Wildman–Crippen MR) is 109 cm³/mol. The second kappa shape index (κ2) is 8.68. The number of anilines is 2. The highest BCUT2D eigenvalue weighted by molar-refractivity contribution is 7.12. The largest absolute Gasteiger partial charge is 0.383 e. The Labute approximate surface area is 164 Å². The molecule has 3 N–H and O–H groups in total.